The first-order chi connectivity index (χ1) is 6.75. The number of benzene rings is 1. The molecular weight excluding hydrogens is 190 g/mol. The molecule has 1 aromatic heterocycles. The predicted molar refractivity (Wildman–Crippen MR) is 61.8 cm³/mol. The van der Waals surface area contributed by atoms with E-state index in [9.17, 15) is 0 Å². The van der Waals surface area contributed by atoms with Crippen molar-refractivity contribution in [3.8, 4) is 11.3 Å². The molecule has 14 heavy (non-hydrogen) atoms. The molecule has 0 amide bonds. The van der Waals surface area contributed by atoms with Gasteiger partial charge in [0.15, 0.2) is 0 Å². The standard InChI is InChI=1S/C12H11NS/c1-9-2-4-10(5-3-9)12-8-11(14)6-7-13-12/h2-8H,1H3,(H,13,14). The van der Waals surface area contributed by atoms with Crippen LogP contribution in [0.15, 0.2) is 42.6 Å². The molecule has 1 heterocycles. The van der Waals surface area contributed by atoms with Crippen molar-refractivity contribution < 1.29 is 0 Å². The van der Waals surface area contributed by atoms with Crippen LogP contribution in [0.3, 0.4) is 0 Å². The Bertz CT molecular complexity index is 482. The summed E-state index contributed by atoms with van der Waals surface area (Å²) in [6.45, 7) is 2.08. The minimum atomic E-state index is 0.860. The van der Waals surface area contributed by atoms with Crippen molar-refractivity contribution in [1.29, 1.82) is 0 Å². The first-order valence-corrected chi connectivity index (χ1v) is 4.92. The molecule has 1 nitrogen and oxygen atoms in total. The van der Waals surface area contributed by atoms with Crippen molar-refractivity contribution in [2.24, 2.45) is 0 Å². The number of hydrogen-bond donors (Lipinski definition) is 1. The zero-order valence-electron chi connectivity index (χ0n) is 7.95. The zero-order chi connectivity index (χ0) is 9.97. The first kappa shape index (κ1) is 9.16. The molecule has 70 valence electrons. The molecule has 0 radical (unpaired) electrons. The van der Waals surface area contributed by atoms with Gasteiger partial charge in [-0.1, -0.05) is 42.0 Å². The number of aryl methyl sites for hydroxylation is 1. The van der Waals surface area contributed by atoms with Crippen LogP contribution < -0.4 is 0 Å². The van der Waals surface area contributed by atoms with Crippen molar-refractivity contribution in [2.75, 3.05) is 0 Å². The Morgan fingerprint density at radius 1 is 1.07 bits per heavy atom. The number of rotatable bonds is 1. The Kier molecular flexibility index (Phi) is 2.46. The average molecular weight is 201 g/mol. The number of nitrogens with one attached hydrogen (secondary N) is 1. The highest BCUT2D eigenvalue weighted by atomic mass is 32.1. The Morgan fingerprint density at radius 3 is 2.43 bits per heavy atom. The lowest BCUT2D eigenvalue weighted by Crippen LogP contribution is -1.82. The number of pyridine rings is 1. The lowest BCUT2D eigenvalue weighted by atomic mass is 10.1. The molecule has 0 aliphatic rings. The summed E-state index contributed by atoms with van der Waals surface area (Å²) in [5, 5.41) is 0. The quantitative estimate of drug-likeness (QED) is 0.695. The molecule has 0 atom stereocenters. The summed E-state index contributed by atoms with van der Waals surface area (Å²) in [5.74, 6) is 0. The minimum absolute atomic E-state index is 0.860. The third-order valence-corrected chi connectivity index (χ3v) is 2.39. The molecule has 0 aliphatic heterocycles. The van der Waals surface area contributed by atoms with Gasteiger partial charge in [0.25, 0.3) is 0 Å². The van der Waals surface area contributed by atoms with Crippen molar-refractivity contribution in [2.45, 2.75) is 6.92 Å². The average Bonchev–Trinajstić information content (AvgIpc) is 2.19. The molecule has 1 aromatic carbocycles. The van der Waals surface area contributed by atoms with Gasteiger partial charge in [0.2, 0.25) is 0 Å². The SMILES string of the molecule is Cc1ccc(-c2cc(=S)cc[nH]2)cc1. The third-order valence-electron chi connectivity index (χ3n) is 2.14. The molecule has 0 unspecified atom stereocenters. The van der Waals surface area contributed by atoms with E-state index in [-0.39, 0.29) is 0 Å². The van der Waals surface area contributed by atoms with E-state index in [4.69, 9.17) is 12.2 Å². The van der Waals surface area contributed by atoms with Gasteiger partial charge < -0.3 is 4.98 Å². The van der Waals surface area contributed by atoms with E-state index >= 15 is 0 Å². The van der Waals surface area contributed by atoms with Crippen LogP contribution in [-0.4, -0.2) is 4.98 Å². The molecule has 2 aromatic rings. The molecule has 2 heteroatoms. The van der Waals surface area contributed by atoms with E-state index in [2.05, 4.69) is 36.2 Å². The highest BCUT2D eigenvalue weighted by Gasteiger charge is 1.95. The number of aromatic amines is 1. The minimum Gasteiger partial charge on any atom is -0.361 e. The molecule has 1 N–H and O–H groups in total. The van der Waals surface area contributed by atoms with E-state index < -0.39 is 0 Å². The molecule has 0 saturated heterocycles. The largest absolute Gasteiger partial charge is 0.361 e. The van der Waals surface area contributed by atoms with Gasteiger partial charge in [-0.15, -0.1) is 0 Å². The molecule has 0 spiro atoms. The fourth-order valence-electron chi connectivity index (χ4n) is 1.35. The van der Waals surface area contributed by atoms with Gasteiger partial charge in [-0.3, -0.25) is 0 Å². The van der Waals surface area contributed by atoms with Crippen LogP contribution in [-0.2, 0) is 0 Å². The summed E-state index contributed by atoms with van der Waals surface area (Å²) >= 11 is 5.11. The highest BCUT2D eigenvalue weighted by molar-refractivity contribution is 7.71. The van der Waals surface area contributed by atoms with Gasteiger partial charge in [0.1, 0.15) is 0 Å². The molecule has 0 bridgehead atoms. The van der Waals surface area contributed by atoms with Crippen molar-refractivity contribution in [3.63, 3.8) is 0 Å². The number of hydrogen-bond acceptors (Lipinski definition) is 1. The van der Waals surface area contributed by atoms with Gasteiger partial charge in [-0.2, -0.15) is 0 Å². The lowest BCUT2D eigenvalue weighted by Gasteiger charge is -2.01. The summed E-state index contributed by atoms with van der Waals surface area (Å²) in [6.07, 6.45) is 1.87. The maximum Gasteiger partial charge on any atom is 0.0467 e. The van der Waals surface area contributed by atoms with E-state index in [0.29, 0.717) is 0 Å². The number of aromatic nitrogens is 1. The van der Waals surface area contributed by atoms with Crippen LogP contribution in [0.4, 0.5) is 0 Å². The summed E-state index contributed by atoms with van der Waals surface area (Å²) in [4.78, 5) is 3.18. The smallest absolute Gasteiger partial charge is 0.0467 e. The topological polar surface area (TPSA) is 15.8 Å². The normalized spacial score (nSPS) is 10.1. The number of H-pyrrole nitrogens is 1. The second-order valence-electron chi connectivity index (χ2n) is 3.30. The zero-order valence-corrected chi connectivity index (χ0v) is 8.77. The van der Waals surface area contributed by atoms with Crippen LogP contribution >= 0.6 is 12.2 Å². The molecular formula is C12H11NS. The Hall–Kier alpha value is -1.41. The van der Waals surface area contributed by atoms with Crippen LogP contribution in [0.1, 0.15) is 5.56 Å². The van der Waals surface area contributed by atoms with E-state index in [1.54, 1.807) is 0 Å². The van der Waals surface area contributed by atoms with Gasteiger partial charge >= 0.3 is 0 Å². The summed E-state index contributed by atoms with van der Waals surface area (Å²) < 4.78 is 0.860. The second kappa shape index (κ2) is 3.76. The van der Waals surface area contributed by atoms with Crippen LogP contribution in [0, 0.1) is 11.4 Å². The summed E-state index contributed by atoms with van der Waals surface area (Å²) in [6, 6.07) is 12.2. The van der Waals surface area contributed by atoms with Gasteiger partial charge in [-0.25, -0.2) is 0 Å². The molecule has 0 saturated carbocycles. The monoisotopic (exact) mass is 201 g/mol. The van der Waals surface area contributed by atoms with E-state index in [1.807, 2.05) is 18.3 Å². The maximum atomic E-state index is 5.11. The van der Waals surface area contributed by atoms with Crippen molar-refractivity contribution in [3.05, 3.63) is 52.7 Å². The van der Waals surface area contributed by atoms with Crippen LogP contribution in [0.5, 0.6) is 0 Å². The van der Waals surface area contributed by atoms with Gasteiger partial charge in [0.05, 0.1) is 0 Å². The third kappa shape index (κ3) is 1.91. The van der Waals surface area contributed by atoms with Crippen molar-refractivity contribution >= 4 is 12.2 Å². The highest BCUT2D eigenvalue weighted by Crippen LogP contribution is 2.16. The summed E-state index contributed by atoms with van der Waals surface area (Å²) in [7, 11) is 0. The Balaban J connectivity index is 2.50. The van der Waals surface area contributed by atoms with Crippen molar-refractivity contribution in [1.82, 2.24) is 4.98 Å². The Morgan fingerprint density at radius 2 is 1.79 bits per heavy atom. The van der Waals surface area contributed by atoms with E-state index in [1.165, 1.54) is 11.1 Å². The first-order valence-electron chi connectivity index (χ1n) is 4.51. The van der Waals surface area contributed by atoms with Crippen LogP contribution in [0.2, 0.25) is 0 Å². The van der Waals surface area contributed by atoms with E-state index in [0.717, 1.165) is 10.2 Å². The fraction of sp³-hybridized carbons (Fsp3) is 0.0833. The fourth-order valence-corrected chi connectivity index (χ4v) is 1.53. The summed E-state index contributed by atoms with van der Waals surface area (Å²) in [5.41, 5.74) is 3.50. The van der Waals surface area contributed by atoms with Gasteiger partial charge in [0, 0.05) is 16.4 Å². The van der Waals surface area contributed by atoms with Crippen LogP contribution in [0.25, 0.3) is 11.3 Å². The maximum absolute atomic E-state index is 5.11. The molecule has 0 fully saturated rings. The Labute approximate surface area is 88.4 Å². The van der Waals surface area contributed by atoms with Gasteiger partial charge in [-0.05, 0) is 24.6 Å². The molecule has 2 rings (SSSR count). The molecule has 0 aliphatic carbocycles. The lowest BCUT2D eigenvalue weighted by molar-refractivity contribution is 1.31. The predicted octanol–water partition coefficient (Wildman–Crippen LogP) is 3.72. The second-order valence-corrected chi connectivity index (χ2v) is 3.78.